The fourth-order valence-electron chi connectivity index (χ4n) is 0.789. The van der Waals surface area contributed by atoms with Crippen LogP contribution in [0.2, 0.25) is 0 Å². The Balaban J connectivity index is 3.17. The van der Waals surface area contributed by atoms with Gasteiger partial charge in [0, 0.05) is 19.3 Å². The number of terminal acetylenes is 1. The highest BCUT2D eigenvalue weighted by molar-refractivity contribution is 7.80. The number of Topliss-reactive ketones (excluding diaryl/α,β-unsaturated/α-hetero) is 1. The van der Waals surface area contributed by atoms with Crippen LogP contribution in [0.15, 0.2) is 0 Å². The first kappa shape index (κ1) is 10.6. The standard InChI is InChI=1S/C9H14OS/c1-2-3-4-6-9(10)7-5-8-11/h1,11H,3-8H2. The molecule has 0 rings (SSSR count). The van der Waals surface area contributed by atoms with Crippen LogP contribution in [-0.4, -0.2) is 11.5 Å². The summed E-state index contributed by atoms with van der Waals surface area (Å²) in [6.07, 6.45) is 8.78. The molecule has 0 aliphatic heterocycles. The van der Waals surface area contributed by atoms with Crippen molar-refractivity contribution >= 4 is 18.4 Å². The molecule has 1 nitrogen and oxygen atoms in total. The maximum absolute atomic E-state index is 11.0. The Hall–Kier alpha value is -0.420. The van der Waals surface area contributed by atoms with E-state index in [2.05, 4.69) is 18.5 Å². The molecule has 0 saturated carbocycles. The van der Waals surface area contributed by atoms with Crippen molar-refractivity contribution in [3.63, 3.8) is 0 Å². The zero-order valence-electron chi connectivity index (χ0n) is 6.68. The van der Waals surface area contributed by atoms with Gasteiger partial charge in [0.25, 0.3) is 0 Å². The number of carbonyl (C=O) groups is 1. The van der Waals surface area contributed by atoms with Crippen molar-refractivity contribution in [2.75, 3.05) is 5.75 Å². The lowest BCUT2D eigenvalue weighted by Gasteiger charge is -1.95. The van der Waals surface area contributed by atoms with Crippen LogP contribution in [0.1, 0.15) is 32.1 Å². The molecule has 0 aromatic carbocycles. The van der Waals surface area contributed by atoms with Crippen LogP contribution < -0.4 is 0 Å². The van der Waals surface area contributed by atoms with Crippen molar-refractivity contribution in [3.8, 4) is 12.3 Å². The van der Waals surface area contributed by atoms with Gasteiger partial charge in [-0.15, -0.1) is 12.3 Å². The van der Waals surface area contributed by atoms with Crippen molar-refractivity contribution < 1.29 is 4.79 Å². The molecule has 0 amide bonds. The summed E-state index contributed by atoms with van der Waals surface area (Å²) in [5.41, 5.74) is 0. The molecule has 11 heavy (non-hydrogen) atoms. The molecule has 0 radical (unpaired) electrons. The van der Waals surface area contributed by atoms with Crippen molar-refractivity contribution in [1.29, 1.82) is 0 Å². The van der Waals surface area contributed by atoms with Crippen molar-refractivity contribution in [2.45, 2.75) is 32.1 Å². The second kappa shape index (κ2) is 7.68. The molecule has 0 fully saturated rings. The first-order valence-electron chi connectivity index (χ1n) is 3.87. The lowest BCUT2D eigenvalue weighted by molar-refractivity contribution is -0.119. The highest BCUT2D eigenvalue weighted by atomic mass is 32.1. The third-order valence-corrected chi connectivity index (χ3v) is 1.71. The van der Waals surface area contributed by atoms with Crippen LogP contribution in [0.4, 0.5) is 0 Å². The number of hydrogen-bond acceptors (Lipinski definition) is 2. The Kier molecular flexibility index (Phi) is 7.39. The third kappa shape index (κ3) is 7.48. The topological polar surface area (TPSA) is 17.1 Å². The fourth-order valence-corrected chi connectivity index (χ4v) is 0.947. The van der Waals surface area contributed by atoms with Gasteiger partial charge in [-0.05, 0) is 18.6 Å². The van der Waals surface area contributed by atoms with Gasteiger partial charge in [-0.2, -0.15) is 12.6 Å². The molecule has 0 spiro atoms. The van der Waals surface area contributed by atoms with Crippen LogP contribution in [-0.2, 0) is 4.79 Å². The minimum absolute atomic E-state index is 0.314. The Morgan fingerprint density at radius 3 is 2.55 bits per heavy atom. The van der Waals surface area contributed by atoms with Gasteiger partial charge in [-0.25, -0.2) is 0 Å². The predicted molar refractivity (Wildman–Crippen MR) is 50.8 cm³/mol. The lowest BCUT2D eigenvalue weighted by Crippen LogP contribution is -1.97. The summed E-state index contributed by atoms with van der Waals surface area (Å²) in [4.78, 5) is 11.0. The number of thiol groups is 1. The van der Waals surface area contributed by atoms with Crippen molar-refractivity contribution in [2.24, 2.45) is 0 Å². The zero-order chi connectivity index (χ0) is 8.53. The van der Waals surface area contributed by atoms with Crippen LogP contribution in [0.5, 0.6) is 0 Å². The van der Waals surface area contributed by atoms with Gasteiger partial charge < -0.3 is 0 Å². The highest BCUT2D eigenvalue weighted by Gasteiger charge is 1.98. The summed E-state index contributed by atoms with van der Waals surface area (Å²) in [6, 6.07) is 0. The SMILES string of the molecule is C#CCCCC(=O)CCCS. The largest absolute Gasteiger partial charge is 0.300 e. The fraction of sp³-hybridized carbons (Fsp3) is 0.667. The van der Waals surface area contributed by atoms with E-state index in [1.807, 2.05) is 0 Å². The van der Waals surface area contributed by atoms with E-state index in [-0.39, 0.29) is 0 Å². The Labute approximate surface area is 74.0 Å². The number of carbonyl (C=O) groups excluding carboxylic acids is 1. The van der Waals surface area contributed by atoms with Gasteiger partial charge in [0.05, 0.1) is 0 Å². The number of hydrogen-bond donors (Lipinski definition) is 1. The Bertz CT molecular complexity index is 146. The van der Waals surface area contributed by atoms with Gasteiger partial charge in [0.1, 0.15) is 5.78 Å². The van der Waals surface area contributed by atoms with Gasteiger partial charge in [-0.3, -0.25) is 4.79 Å². The summed E-state index contributed by atoms with van der Waals surface area (Å²) < 4.78 is 0. The maximum Gasteiger partial charge on any atom is 0.132 e. The average molecular weight is 170 g/mol. The molecular formula is C9H14OS. The van der Waals surface area contributed by atoms with E-state index in [1.165, 1.54) is 0 Å². The number of ketones is 1. The third-order valence-electron chi connectivity index (χ3n) is 1.39. The average Bonchev–Trinajstić information content (AvgIpc) is 2.01. The normalized spacial score (nSPS) is 9.09. The summed E-state index contributed by atoms with van der Waals surface area (Å²) in [6.45, 7) is 0. The van der Waals surface area contributed by atoms with Gasteiger partial charge in [0.15, 0.2) is 0 Å². The smallest absolute Gasteiger partial charge is 0.132 e. The second-order valence-corrected chi connectivity index (χ2v) is 2.87. The van der Waals surface area contributed by atoms with Crippen molar-refractivity contribution in [1.82, 2.24) is 0 Å². The van der Waals surface area contributed by atoms with Crippen LogP contribution >= 0.6 is 12.6 Å². The zero-order valence-corrected chi connectivity index (χ0v) is 7.57. The quantitative estimate of drug-likeness (QED) is 0.367. The van der Waals surface area contributed by atoms with E-state index < -0.39 is 0 Å². The molecule has 0 heterocycles. The Morgan fingerprint density at radius 1 is 1.36 bits per heavy atom. The highest BCUT2D eigenvalue weighted by Crippen LogP contribution is 2.01. The second-order valence-electron chi connectivity index (χ2n) is 2.42. The van der Waals surface area contributed by atoms with E-state index in [0.29, 0.717) is 25.0 Å². The summed E-state index contributed by atoms with van der Waals surface area (Å²) >= 11 is 4.02. The molecule has 0 aromatic heterocycles. The molecule has 0 unspecified atom stereocenters. The van der Waals surface area contributed by atoms with E-state index in [9.17, 15) is 4.79 Å². The lowest BCUT2D eigenvalue weighted by atomic mass is 10.1. The molecular weight excluding hydrogens is 156 g/mol. The first-order chi connectivity index (χ1) is 5.31. The van der Waals surface area contributed by atoms with E-state index in [1.54, 1.807) is 0 Å². The van der Waals surface area contributed by atoms with Crippen LogP contribution in [0.25, 0.3) is 0 Å². The monoisotopic (exact) mass is 170 g/mol. The molecule has 0 atom stereocenters. The molecule has 0 saturated heterocycles. The van der Waals surface area contributed by atoms with Crippen LogP contribution in [0, 0.1) is 12.3 Å². The predicted octanol–water partition coefficient (Wildman–Crippen LogP) is 2.07. The minimum Gasteiger partial charge on any atom is -0.300 e. The molecule has 0 N–H and O–H groups in total. The first-order valence-corrected chi connectivity index (χ1v) is 4.50. The maximum atomic E-state index is 11.0. The van der Waals surface area contributed by atoms with Gasteiger partial charge in [-0.1, -0.05) is 0 Å². The number of rotatable bonds is 6. The van der Waals surface area contributed by atoms with Crippen molar-refractivity contribution in [3.05, 3.63) is 0 Å². The summed E-state index contributed by atoms with van der Waals surface area (Å²) in [7, 11) is 0. The Morgan fingerprint density at radius 2 is 2.00 bits per heavy atom. The number of unbranched alkanes of at least 4 members (excludes halogenated alkanes) is 1. The molecule has 0 aromatic rings. The molecule has 0 bridgehead atoms. The van der Waals surface area contributed by atoms with E-state index in [4.69, 9.17) is 6.42 Å². The summed E-state index contributed by atoms with van der Waals surface area (Å²) in [5.74, 6) is 3.62. The van der Waals surface area contributed by atoms with E-state index in [0.717, 1.165) is 18.6 Å². The minimum atomic E-state index is 0.314. The molecule has 0 aliphatic rings. The van der Waals surface area contributed by atoms with Crippen LogP contribution in [0.3, 0.4) is 0 Å². The van der Waals surface area contributed by atoms with Gasteiger partial charge in [0.2, 0.25) is 0 Å². The molecule has 62 valence electrons. The van der Waals surface area contributed by atoms with Gasteiger partial charge >= 0.3 is 0 Å². The molecule has 2 heteroatoms. The molecule has 0 aliphatic carbocycles. The van der Waals surface area contributed by atoms with E-state index >= 15 is 0 Å². The summed E-state index contributed by atoms with van der Waals surface area (Å²) in [5, 5.41) is 0.